The van der Waals surface area contributed by atoms with Crippen LogP contribution < -0.4 is 5.73 Å². The Kier molecular flexibility index (Phi) is 10.5. The normalized spacial score (nSPS) is 11.9. The molecular weight excluding hydrogens is 801 g/mol. The summed E-state index contributed by atoms with van der Waals surface area (Å²) in [6.07, 6.45) is 0. The molecule has 0 radical (unpaired) electrons. The minimum atomic E-state index is 0.361. The highest BCUT2D eigenvalue weighted by atomic mass is 15.0. The molecule has 0 heterocycles. The van der Waals surface area contributed by atoms with E-state index in [1.165, 1.54) is 48.7 Å². The molecule has 0 bridgehead atoms. The van der Waals surface area contributed by atoms with Gasteiger partial charge in [0, 0.05) is 16.7 Å². The number of aliphatic imine (C=N–C) groups is 2. The van der Waals surface area contributed by atoms with Crippen LogP contribution in [0.25, 0.3) is 87.6 Å². The maximum atomic E-state index is 10.5. The average molecular weight is 843 g/mol. The molecule has 0 aromatic heterocycles. The minimum absolute atomic E-state index is 0.361. The van der Waals surface area contributed by atoms with E-state index in [1.807, 2.05) is 60.7 Å². The fourth-order valence-electron chi connectivity index (χ4n) is 9.40. The number of hydrogen-bond donors (Lipinski definition) is 1. The molecule has 310 valence electrons. The highest BCUT2D eigenvalue weighted by Gasteiger charge is 2.16. The van der Waals surface area contributed by atoms with Gasteiger partial charge in [-0.1, -0.05) is 206 Å². The molecular formula is C62H42N4. The first-order valence-corrected chi connectivity index (χ1v) is 22.2. The van der Waals surface area contributed by atoms with E-state index in [4.69, 9.17) is 15.7 Å². The summed E-state index contributed by atoms with van der Waals surface area (Å²) in [5.41, 5.74) is 18.4. The standard InChI is InChI=1S/C62H42N4/c63-39-50-22-13-29-53(48-20-11-19-46(37-48)47-34-35-58-56-26-7-6-24-54(56)55-25-8-9-27-57(55)59(58)38-47)60(50)49-21-10-14-41(36-49)40-65-62(45-16-2-1-3-17-45)66-61(64)44-32-30-43(31-33-44)52-28-12-18-42-15-4-5-23-51(42)52/h1-38H,40H2,(H2,64,65,66). The maximum Gasteiger partial charge on any atom is 0.157 e. The van der Waals surface area contributed by atoms with Gasteiger partial charge in [-0.2, -0.15) is 5.26 Å². The van der Waals surface area contributed by atoms with Crippen LogP contribution in [0.3, 0.4) is 0 Å². The summed E-state index contributed by atoms with van der Waals surface area (Å²) in [4.78, 5) is 10.00. The van der Waals surface area contributed by atoms with E-state index in [0.717, 1.165) is 55.6 Å². The van der Waals surface area contributed by atoms with Crippen molar-refractivity contribution in [1.82, 2.24) is 0 Å². The van der Waals surface area contributed by atoms with E-state index >= 15 is 0 Å². The van der Waals surface area contributed by atoms with Crippen LogP contribution >= 0.6 is 0 Å². The predicted octanol–water partition coefficient (Wildman–Crippen LogP) is 15.2. The lowest BCUT2D eigenvalue weighted by Crippen LogP contribution is -2.16. The van der Waals surface area contributed by atoms with E-state index in [2.05, 4.69) is 176 Å². The van der Waals surface area contributed by atoms with Crippen LogP contribution in [0.5, 0.6) is 0 Å². The van der Waals surface area contributed by atoms with Gasteiger partial charge in [0.2, 0.25) is 0 Å². The van der Waals surface area contributed by atoms with Crippen molar-refractivity contribution in [3.8, 4) is 50.6 Å². The highest BCUT2D eigenvalue weighted by molar-refractivity contribution is 6.25. The Morgan fingerprint density at radius 3 is 1.73 bits per heavy atom. The van der Waals surface area contributed by atoms with E-state index < -0.39 is 0 Å². The van der Waals surface area contributed by atoms with Crippen LogP contribution in [0.2, 0.25) is 0 Å². The zero-order valence-electron chi connectivity index (χ0n) is 36.1. The topological polar surface area (TPSA) is 74.5 Å². The smallest absolute Gasteiger partial charge is 0.157 e. The van der Waals surface area contributed by atoms with E-state index in [-0.39, 0.29) is 0 Å². The number of rotatable bonds is 8. The number of amidine groups is 2. The lowest BCUT2D eigenvalue weighted by Gasteiger charge is -2.15. The van der Waals surface area contributed by atoms with Crippen LogP contribution in [-0.4, -0.2) is 11.7 Å². The Morgan fingerprint density at radius 1 is 0.409 bits per heavy atom. The highest BCUT2D eigenvalue weighted by Crippen LogP contribution is 2.40. The Hall–Kier alpha value is -8.91. The van der Waals surface area contributed by atoms with Crippen molar-refractivity contribution in [2.24, 2.45) is 15.7 Å². The average Bonchev–Trinajstić information content (AvgIpc) is 3.39. The molecule has 4 heteroatoms. The first-order chi connectivity index (χ1) is 32.6. The third-order valence-corrected chi connectivity index (χ3v) is 12.6. The third-order valence-electron chi connectivity index (χ3n) is 12.6. The molecule has 0 saturated carbocycles. The van der Waals surface area contributed by atoms with Gasteiger partial charge in [-0.25, -0.2) is 4.99 Å². The Morgan fingerprint density at radius 2 is 0.970 bits per heavy atom. The molecule has 11 aromatic carbocycles. The molecule has 4 nitrogen and oxygen atoms in total. The van der Waals surface area contributed by atoms with Crippen molar-refractivity contribution in [3.63, 3.8) is 0 Å². The Balaban J connectivity index is 0.921. The third kappa shape index (κ3) is 7.55. The molecule has 11 aromatic rings. The predicted molar refractivity (Wildman–Crippen MR) is 277 cm³/mol. The molecule has 0 aliphatic rings. The number of benzene rings is 11. The van der Waals surface area contributed by atoms with E-state index in [1.54, 1.807) is 0 Å². The molecule has 0 aliphatic carbocycles. The van der Waals surface area contributed by atoms with E-state index in [0.29, 0.717) is 23.8 Å². The van der Waals surface area contributed by atoms with Crippen LogP contribution in [-0.2, 0) is 6.54 Å². The molecule has 0 saturated heterocycles. The fourth-order valence-corrected chi connectivity index (χ4v) is 9.40. The summed E-state index contributed by atoms with van der Waals surface area (Å²) in [5.74, 6) is 0.928. The van der Waals surface area contributed by atoms with Gasteiger partial charge in [0.05, 0.1) is 18.2 Å². The Labute approximate surface area is 383 Å². The van der Waals surface area contributed by atoms with Crippen molar-refractivity contribution < 1.29 is 0 Å². The molecule has 0 fully saturated rings. The van der Waals surface area contributed by atoms with Crippen LogP contribution in [0, 0.1) is 11.3 Å². The van der Waals surface area contributed by atoms with Crippen LogP contribution in [0.15, 0.2) is 241 Å². The molecule has 0 spiro atoms. The van der Waals surface area contributed by atoms with E-state index in [9.17, 15) is 5.26 Å². The van der Waals surface area contributed by atoms with Gasteiger partial charge < -0.3 is 5.73 Å². The largest absolute Gasteiger partial charge is 0.383 e. The van der Waals surface area contributed by atoms with Crippen molar-refractivity contribution in [2.75, 3.05) is 0 Å². The molecule has 66 heavy (non-hydrogen) atoms. The first-order valence-electron chi connectivity index (χ1n) is 22.2. The Bertz CT molecular complexity index is 3700. The maximum absolute atomic E-state index is 10.5. The second-order valence-corrected chi connectivity index (χ2v) is 16.6. The quantitative estimate of drug-likeness (QED) is 0.0940. The van der Waals surface area contributed by atoms with Gasteiger partial charge in [-0.15, -0.1) is 0 Å². The lowest BCUT2D eigenvalue weighted by atomic mass is 9.88. The summed E-state index contributed by atoms with van der Waals surface area (Å²) in [6.45, 7) is 0.361. The fraction of sp³-hybridized carbons (Fsp3) is 0.0161. The number of fused-ring (bicyclic) bond motifs is 7. The molecule has 11 rings (SSSR count). The number of nitrogens with two attached hydrogens (primary N) is 1. The van der Waals surface area contributed by atoms with Gasteiger partial charge in [0.25, 0.3) is 0 Å². The van der Waals surface area contributed by atoms with Crippen molar-refractivity contribution >= 4 is 54.8 Å². The number of nitrogens with zero attached hydrogens (tertiary/aromatic N) is 3. The summed E-state index contributed by atoms with van der Waals surface area (Å²) < 4.78 is 0. The SMILES string of the molecule is N#Cc1cccc(-c2cccc(-c3ccc4c5ccccc5c5ccccc5c4c3)c2)c1-c1cccc(CN=C(N=C(N)c2ccc(-c3cccc4ccccc34)cc2)c2ccccc2)c1. The summed E-state index contributed by atoms with van der Waals surface area (Å²) >= 11 is 0. The minimum Gasteiger partial charge on any atom is -0.383 e. The second-order valence-electron chi connectivity index (χ2n) is 16.6. The molecule has 0 aliphatic heterocycles. The zero-order valence-corrected chi connectivity index (χ0v) is 36.1. The molecule has 2 N–H and O–H groups in total. The van der Waals surface area contributed by atoms with Crippen LogP contribution in [0.1, 0.15) is 22.3 Å². The van der Waals surface area contributed by atoms with Crippen molar-refractivity contribution in [1.29, 1.82) is 5.26 Å². The number of hydrogen-bond acceptors (Lipinski definition) is 2. The van der Waals surface area contributed by atoms with Gasteiger partial charge in [0.1, 0.15) is 5.84 Å². The van der Waals surface area contributed by atoms with Crippen molar-refractivity contribution in [2.45, 2.75) is 6.54 Å². The van der Waals surface area contributed by atoms with Gasteiger partial charge in [-0.3, -0.25) is 4.99 Å². The number of nitriles is 1. The lowest BCUT2D eigenvalue weighted by molar-refractivity contribution is 1.06. The van der Waals surface area contributed by atoms with Gasteiger partial charge in [-0.05, 0) is 112 Å². The van der Waals surface area contributed by atoms with Crippen molar-refractivity contribution in [3.05, 3.63) is 253 Å². The van der Waals surface area contributed by atoms with Gasteiger partial charge >= 0.3 is 0 Å². The molecule has 0 amide bonds. The first kappa shape index (κ1) is 39.9. The summed E-state index contributed by atoms with van der Waals surface area (Å²) in [6, 6.07) is 82.6. The monoisotopic (exact) mass is 842 g/mol. The van der Waals surface area contributed by atoms with Crippen LogP contribution in [0.4, 0.5) is 0 Å². The summed E-state index contributed by atoms with van der Waals surface area (Å²) in [5, 5.41) is 20.4. The molecule has 0 atom stereocenters. The zero-order chi connectivity index (χ0) is 44.4. The summed E-state index contributed by atoms with van der Waals surface area (Å²) in [7, 11) is 0. The van der Waals surface area contributed by atoms with Gasteiger partial charge in [0.15, 0.2) is 5.84 Å². The second kappa shape index (κ2) is 17.3. The molecule has 0 unspecified atom stereocenters.